The second-order valence-electron chi connectivity index (χ2n) is 5.57. The molecule has 1 aromatic carbocycles. The van der Waals surface area contributed by atoms with E-state index >= 15 is 0 Å². The molecule has 2 aromatic rings. The first kappa shape index (κ1) is 12.6. The monoisotopic (exact) mass is 261 g/mol. The lowest BCUT2D eigenvalue weighted by Gasteiger charge is -2.25. The van der Waals surface area contributed by atoms with Crippen LogP contribution in [0.5, 0.6) is 0 Å². The van der Waals surface area contributed by atoms with Gasteiger partial charge in [0.15, 0.2) is 0 Å². The van der Waals surface area contributed by atoms with Gasteiger partial charge in [-0.1, -0.05) is 6.42 Å². The first-order chi connectivity index (χ1) is 9.16. The zero-order chi connectivity index (χ0) is 13.4. The molecule has 0 bridgehead atoms. The largest absolute Gasteiger partial charge is 0.324 e. The molecule has 1 fully saturated rings. The van der Waals surface area contributed by atoms with Gasteiger partial charge in [-0.25, -0.2) is 9.37 Å². The number of hydrogen-bond donors (Lipinski definition) is 1. The predicted octanol–water partition coefficient (Wildman–Crippen LogP) is 3.57. The van der Waals surface area contributed by atoms with Gasteiger partial charge in [-0.05, 0) is 51.4 Å². The van der Waals surface area contributed by atoms with Gasteiger partial charge in [0.25, 0.3) is 0 Å². The predicted molar refractivity (Wildman–Crippen MR) is 74.7 cm³/mol. The Hall–Kier alpha value is -1.42. The summed E-state index contributed by atoms with van der Waals surface area (Å²) in [5.74, 6) is 0.854. The molecule has 1 aliphatic rings. The number of benzene rings is 1. The van der Waals surface area contributed by atoms with Gasteiger partial charge in [0.1, 0.15) is 11.6 Å². The molecule has 0 amide bonds. The summed E-state index contributed by atoms with van der Waals surface area (Å²) in [4.78, 5) is 4.73. The van der Waals surface area contributed by atoms with Crippen molar-refractivity contribution in [1.82, 2.24) is 14.9 Å². The van der Waals surface area contributed by atoms with Crippen molar-refractivity contribution in [3.8, 4) is 0 Å². The average Bonchev–Trinajstić information content (AvgIpc) is 2.78. The molecule has 1 N–H and O–H groups in total. The molecule has 1 aromatic heterocycles. The van der Waals surface area contributed by atoms with Crippen molar-refractivity contribution in [2.24, 2.45) is 0 Å². The summed E-state index contributed by atoms with van der Waals surface area (Å²) in [6, 6.07) is 5.43. The van der Waals surface area contributed by atoms with Crippen LogP contribution < -0.4 is 5.32 Å². The summed E-state index contributed by atoms with van der Waals surface area (Å²) in [7, 11) is 0. The smallest absolute Gasteiger partial charge is 0.127 e. The first-order valence-electron chi connectivity index (χ1n) is 7.07. The molecule has 1 atom stereocenters. The molecule has 0 saturated carbocycles. The fraction of sp³-hybridized carbons (Fsp3) is 0.533. The highest BCUT2D eigenvalue weighted by atomic mass is 19.1. The van der Waals surface area contributed by atoms with E-state index in [4.69, 9.17) is 4.98 Å². The lowest BCUT2D eigenvalue weighted by molar-refractivity contribution is 0.380. The van der Waals surface area contributed by atoms with Crippen molar-refractivity contribution in [1.29, 1.82) is 0 Å². The molecule has 3 rings (SSSR count). The number of piperidine rings is 1. The zero-order valence-corrected chi connectivity index (χ0v) is 11.5. The van der Waals surface area contributed by atoms with Crippen LogP contribution in [-0.2, 0) is 0 Å². The normalized spacial score (nSPS) is 20.3. The van der Waals surface area contributed by atoms with Gasteiger partial charge in [-0.3, -0.25) is 0 Å². The Kier molecular flexibility index (Phi) is 3.27. The molecule has 2 heterocycles. The number of aromatic nitrogens is 2. The molecule has 102 valence electrons. The van der Waals surface area contributed by atoms with E-state index < -0.39 is 0 Å². The molecule has 0 radical (unpaired) electrons. The molecule has 19 heavy (non-hydrogen) atoms. The van der Waals surface area contributed by atoms with Crippen LogP contribution in [0.2, 0.25) is 0 Å². The minimum absolute atomic E-state index is 0.197. The summed E-state index contributed by atoms with van der Waals surface area (Å²) in [5.41, 5.74) is 1.79. The number of rotatable bonds is 2. The Balaban J connectivity index is 2.14. The number of nitrogens with one attached hydrogen (secondary N) is 1. The van der Waals surface area contributed by atoms with Crippen molar-refractivity contribution in [2.45, 2.75) is 45.2 Å². The minimum Gasteiger partial charge on any atom is -0.324 e. The number of imidazole rings is 1. The number of nitrogens with zero attached hydrogens (tertiary/aromatic N) is 2. The van der Waals surface area contributed by atoms with E-state index in [1.807, 2.05) is 0 Å². The molecular weight excluding hydrogens is 241 g/mol. The van der Waals surface area contributed by atoms with Crippen molar-refractivity contribution in [3.05, 3.63) is 29.8 Å². The van der Waals surface area contributed by atoms with Crippen molar-refractivity contribution < 1.29 is 4.39 Å². The summed E-state index contributed by atoms with van der Waals surface area (Å²) >= 11 is 0. The lowest BCUT2D eigenvalue weighted by Crippen LogP contribution is -2.29. The van der Waals surface area contributed by atoms with Gasteiger partial charge in [-0.15, -0.1) is 0 Å². The summed E-state index contributed by atoms with van der Waals surface area (Å²) in [5, 5.41) is 3.53. The molecule has 0 aliphatic carbocycles. The van der Waals surface area contributed by atoms with Crippen molar-refractivity contribution in [3.63, 3.8) is 0 Å². The number of halogens is 1. The third-order valence-corrected chi connectivity index (χ3v) is 3.82. The summed E-state index contributed by atoms with van der Waals surface area (Å²) < 4.78 is 15.6. The molecule has 3 nitrogen and oxygen atoms in total. The van der Waals surface area contributed by atoms with Crippen LogP contribution >= 0.6 is 0 Å². The molecule has 1 saturated heterocycles. The molecular formula is C15H20FN3. The highest BCUT2D eigenvalue weighted by Gasteiger charge is 2.23. The lowest BCUT2D eigenvalue weighted by atomic mass is 10.0. The quantitative estimate of drug-likeness (QED) is 0.895. The van der Waals surface area contributed by atoms with E-state index in [0.717, 1.165) is 29.8 Å². The maximum Gasteiger partial charge on any atom is 0.127 e. The van der Waals surface area contributed by atoms with E-state index in [9.17, 15) is 4.39 Å². The topological polar surface area (TPSA) is 29.9 Å². The zero-order valence-electron chi connectivity index (χ0n) is 11.5. The Morgan fingerprint density at radius 3 is 2.89 bits per heavy atom. The van der Waals surface area contributed by atoms with Crippen LogP contribution in [-0.4, -0.2) is 16.1 Å². The molecule has 0 spiro atoms. The first-order valence-corrected chi connectivity index (χ1v) is 7.07. The van der Waals surface area contributed by atoms with Crippen LogP contribution in [0.1, 0.15) is 51.0 Å². The minimum atomic E-state index is -0.197. The highest BCUT2D eigenvalue weighted by Crippen LogP contribution is 2.29. The molecule has 4 heteroatoms. The number of fused-ring (bicyclic) bond motifs is 1. The van der Waals surface area contributed by atoms with E-state index in [2.05, 4.69) is 23.7 Å². The average molecular weight is 261 g/mol. The SMILES string of the molecule is CC(C)n1c(C2CCCCN2)nc2ccc(F)cc21. The van der Waals surface area contributed by atoms with Gasteiger partial charge in [0, 0.05) is 6.04 Å². The van der Waals surface area contributed by atoms with Gasteiger partial charge >= 0.3 is 0 Å². The Morgan fingerprint density at radius 1 is 1.37 bits per heavy atom. The fourth-order valence-corrected chi connectivity index (χ4v) is 2.95. The Bertz CT molecular complexity index is 582. The molecule has 1 aliphatic heterocycles. The van der Waals surface area contributed by atoms with Crippen LogP contribution in [0, 0.1) is 5.82 Å². The van der Waals surface area contributed by atoms with E-state index in [-0.39, 0.29) is 11.9 Å². The van der Waals surface area contributed by atoms with Gasteiger partial charge in [0.2, 0.25) is 0 Å². The van der Waals surface area contributed by atoms with Gasteiger partial charge in [-0.2, -0.15) is 0 Å². The third-order valence-electron chi connectivity index (χ3n) is 3.82. The second kappa shape index (κ2) is 4.93. The molecule has 1 unspecified atom stereocenters. The van der Waals surface area contributed by atoms with Crippen LogP contribution in [0.4, 0.5) is 4.39 Å². The van der Waals surface area contributed by atoms with E-state index in [1.165, 1.54) is 18.9 Å². The van der Waals surface area contributed by atoms with Crippen molar-refractivity contribution in [2.75, 3.05) is 6.54 Å². The van der Waals surface area contributed by atoms with Crippen LogP contribution in [0.15, 0.2) is 18.2 Å². The van der Waals surface area contributed by atoms with Crippen LogP contribution in [0.3, 0.4) is 0 Å². The van der Waals surface area contributed by atoms with E-state index in [0.29, 0.717) is 6.04 Å². The van der Waals surface area contributed by atoms with E-state index in [1.54, 1.807) is 12.1 Å². The Morgan fingerprint density at radius 2 is 2.21 bits per heavy atom. The van der Waals surface area contributed by atoms with Gasteiger partial charge < -0.3 is 9.88 Å². The number of hydrogen-bond acceptors (Lipinski definition) is 2. The fourth-order valence-electron chi connectivity index (χ4n) is 2.95. The Labute approximate surface area is 112 Å². The maximum absolute atomic E-state index is 13.5. The van der Waals surface area contributed by atoms with Crippen molar-refractivity contribution >= 4 is 11.0 Å². The van der Waals surface area contributed by atoms with Crippen LogP contribution in [0.25, 0.3) is 11.0 Å². The maximum atomic E-state index is 13.5. The second-order valence-corrected chi connectivity index (χ2v) is 5.57. The standard InChI is InChI=1S/C15H20FN3/c1-10(2)19-14-9-11(16)6-7-12(14)18-15(19)13-5-3-4-8-17-13/h6-7,9-10,13,17H,3-5,8H2,1-2H3. The highest BCUT2D eigenvalue weighted by molar-refractivity contribution is 5.76. The third kappa shape index (κ3) is 2.25. The summed E-state index contributed by atoms with van der Waals surface area (Å²) in [6.45, 7) is 5.29. The van der Waals surface area contributed by atoms with Gasteiger partial charge in [0.05, 0.1) is 17.1 Å². The summed E-state index contributed by atoms with van der Waals surface area (Å²) in [6.07, 6.45) is 3.57.